The number of rotatable bonds is 7. The highest BCUT2D eigenvalue weighted by atomic mass is 16.6. The van der Waals surface area contributed by atoms with E-state index in [1.165, 1.54) is 0 Å². The molecule has 0 spiro atoms. The number of hydrogen-bond donors (Lipinski definition) is 2. The Balaban J connectivity index is 1.30. The van der Waals surface area contributed by atoms with Gasteiger partial charge in [0.15, 0.2) is 18.2 Å². The second-order valence-electron chi connectivity index (χ2n) is 10.5. The maximum absolute atomic E-state index is 13.7. The van der Waals surface area contributed by atoms with Gasteiger partial charge in [0, 0.05) is 37.1 Å². The summed E-state index contributed by atoms with van der Waals surface area (Å²) in [4.78, 5) is 34.6. The largest absolute Gasteiger partial charge is 0.454 e. The second-order valence-corrected chi connectivity index (χ2v) is 10.5. The Morgan fingerprint density at radius 2 is 1.69 bits per heavy atom. The molecule has 8 nitrogen and oxygen atoms in total. The van der Waals surface area contributed by atoms with Crippen LogP contribution in [-0.4, -0.2) is 63.7 Å². The minimum Gasteiger partial charge on any atom is -0.454 e. The van der Waals surface area contributed by atoms with Gasteiger partial charge in [0.2, 0.25) is 5.95 Å². The zero-order valence-corrected chi connectivity index (χ0v) is 20.1. The predicted octanol–water partition coefficient (Wildman–Crippen LogP) is 3.04. The molecule has 6 rings (SSSR count). The van der Waals surface area contributed by atoms with Gasteiger partial charge in [0.25, 0.3) is 5.91 Å². The van der Waals surface area contributed by atoms with Gasteiger partial charge in [-0.1, -0.05) is 49.6 Å². The number of esters is 1. The molecule has 1 saturated carbocycles. The van der Waals surface area contributed by atoms with E-state index in [0.717, 1.165) is 58.0 Å². The van der Waals surface area contributed by atoms with Crippen molar-refractivity contribution in [1.82, 2.24) is 9.97 Å². The van der Waals surface area contributed by atoms with Gasteiger partial charge in [0.1, 0.15) is 6.54 Å². The van der Waals surface area contributed by atoms with Crippen molar-refractivity contribution in [2.45, 2.75) is 56.7 Å². The topological polar surface area (TPSA) is 101 Å². The van der Waals surface area contributed by atoms with Crippen LogP contribution in [0.4, 0.5) is 5.95 Å². The molecule has 2 atom stereocenters. The van der Waals surface area contributed by atoms with Gasteiger partial charge in [-0.05, 0) is 24.5 Å². The number of benzene rings is 1. The van der Waals surface area contributed by atoms with E-state index in [4.69, 9.17) is 4.74 Å². The normalized spacial score (nSPS) is 28.1. The molecule has 35 heavy (non-hydrogen) atoms. The quantitative estimate of drug-likeness (QED) is 0.468. The molecule has 3 aliphatic heterocycles. The molecule has 4 aliphatic rings. The van der Waals surface area contributed by atoms with Crippen molar-refractivity contribution in [2.24, 2.45) is 11.8 Å². The van der Waals surface area contributed by atoms with Crippen LogP contribution < -0.4 is 5.32 Å². The Hall–Kier alpha value is -2.84. The van der Waals surface area contributed by atoms with Crippen LogP contribution in [0.25, 0.3) is 0 Å². The molecule has 4 fully saturated rings. The average Bonchev–Trinajstić information content (AvgIpc) is 2.90. The lowest BCUT2D eigenvalue weighted by atomic mass is 9.73. The molecular weight excluding hydrogens is 444 g/mol. The Bertz CT molecular complexity index is 1020. The molecule has 2 N–H and O–H groups in total. The van der Waals surface area contributed by atoms with Crippen molar-refractivity contribution in [1.29, 1.82) is 0 Å². The zero-order valence-electron chi connectivity index (χ0n) is 20.1. The lowest BCUT2D eigenvalue weighted by Gasteiger charge is -2.52. The summed E-state index contributed by atoms with van der Waals surface area (Å²) in [6.07, 6.45) is 9.49. The molecule has 3 saturated heterocycles. The number of quaternary nitrogens is 1. The summed E-state index contributed by atoms with van der Waals surface area (Å²) in [5, 5.41) is 14.7. The fourth-order valence-electron chi connectivity index (χ4n) is 6.37. The second kappa shape index (κ2) is 10.0. The van der Waals surface area contributed by atoms with Crippen LogP contribution >= 0.6 is 0 Å². The summed E-state index contributed by atoms with van der Waals surface area (Å²) in [6, 6.07) is 11.0. The number of aliphatic hydroxyl groups is 1. The Kier molecular flexibility index (Phi) is 6.84. The number of carbonyl (C=O) groups excluding carboxylic acids is 2. The standard InChI is InChI=1S/C27H34N4O4/c32-24(30-26-28-14-7-15-29-26)19-31-16-12-20(13-17-31)23(18-31)35-25(33)27(34,21-8-3-1-4-9-21)22-10-5-2-6-11-22/h1,3-4,7-9,14-15,20,22-23,34H,2,5-6,10-13,16-19H2/p+1/t20?,23?,27-,31?/m0/s1. The highest BCUT2D eigenvalue weighted by molar-refractivity contribution is 5.89. The third kappa shape index (κ3) is 4.95. The minimum absolute atomic E-state index is 0.135. The fourth-order valence-corrected chi connectivity index (χ4v) is 6.37. The van der Waals surface area contributed by atoms with Gasteiger partial charge in [-0.25, -0.2) is 14.8 Å². The highest BCUT2D eigenvalue weighted by Crippen LogP contribution is 2.42. The van der Waals surface area contributed by atoms with Crippen molar-refractivity contribution < 1.29 is 23.9 Å². The number of nitrogens with zero attached hydrogens (tertiary/aromatic N) is 3. The first kappa shape index (κ1) is 23.9. The van der Waals surface area contributed by atoms with Crippen molar-refractivity contribution in [3.05, 3.63) is 54.4 Å². The van der Waals surface area contributed by atoms with Crippen molar-refractivity contribution in [2.75, 3.05) is 31.5 Å². The summed E-state index contributed by atoms with van der Waals surface area (Å²) in [7, 11) is 0. The number of anilines is 1. The van der Waals surface area contributed by atoms with Crippen LogP contribution in [0.2, 0.25) is 0 Å². The summed E-state index contributed by atoms with van der Waals surface area (Å²) in [6.45, 7) is 2.65. The molecule has 8 heteroatoms. The Morgan fingerprint density at radius 1 is 1.00 bits per heavy atom. The number of hydrogen-bond acceptors (Lipinski definition) is 6. The number of amides is 1. The smallest absolute Gasteiger partial charge is 0.343 e. The molecule has 0 radical (unpaired) electrons. The third-order valence-electron chi connectivity index (χ3n) is 8.32. The Morgan fingerprint density at radius 3 is 2.37 bits per heavy atom. The first-order valence-corrected chi connectivity index (χ1v) is 12.9. The van der Waals surface area contributed by atoms with Crippen molar-refractivity contribution >= 4 is 17.8 Å². The maximum Gasteiger partial charge on any atom is 0.343 e. The van der Waals surface area contributed by atoms with Crippen LogP contribution in [0.5, 0.6) is 0 Å². The lowest BCUT2D eigenvalue weighted by Crippen LogP contribution is -2.66. The summed E-state index contributed by atoms with van der Waals surface area (Å²) >= 11 is 0. The first-order chi connectivity index (χ1) is 17.0. The van der Waals surface area contributed by atoms with Crippen LogP contribution in [0.3, 0.4) is 0 Å². The van der Waals surface area contributed by atoms with E-state index in [2.05, 4.69) is 15.3 Å². The lowest BCUT2D eigenvalue weighted by molar-refractivity contribution is -0.939. The molecule has 2 aromatic rings. The Labute approximate surface area is 206 Å². The van der Waals surface area contributed by atoms with Gasteiger partial charge in [0.05, 0.1) is 13.1 Å². The van der Waals surface area contributed by atoms with Gasteiger partial charge in [-0.15, -0.1) is 0 Å². The fraction of sp³-hybridized carbons (Fsp3) is 0.556. The van der Waals surface area contributed by atoms with E-state index >= 15 is 0 Å². The first-order valence-electron chi connectivity index (χ1n) is 12.9. The monoisotopic (exact) mass is 479 g/mol. The molecule has 186 valence electrons. The number of aromatic nitrogens is 2. The number of nitrogens with one attached hydrogen (secondary N) is 1. The highest BCUT2D eigenvalue weighted by Gasteiger charge is 2.52. The summed E-state index contributed by atoms with van der Waals surface area (Å²) in [5.74, 6) is -0.247. The number of piperidine rings is 3. The number of fused-ring (bicyclic) bond motifs is 3. The van der Waals surface area contributed by atoms with E-state index in [0.29, 0.717) is 29.1 Å². The van der Waals surface area contributed by atoms with E-state index in [1.54, 1.807) is 18.5 Å². The van der Waals surface area contributed by atoms with E-state index < -0.39 is 11.6 Å². The third-order valence-corrected chi connectivity index (χ3v) is 8.32. The SMILES string of the molecule is O=C(C[N+]12CCC(CC1)C(OC(=O)[C@](O)(c1ccccc1)C1CCCCC1)C2)Nc1ncccn1. The zero-order chi connectivity index (χ0) is 24.3. The van der Waals surface area contributed by atoms with Gasteiger partial charge < -0.3 is 14.3 Å². The molecule has 1 aromatic carbocycles. The van der Waals surface area contributed by atoms with Crippen LogP contribution in [0, 0.1) is 11.8 Å². The number of carbonyl (C=O) groups is 2. The molecule has 4 heterocycles. The molecular formula is C27H35N4O4+. The van der Waals surface area contributed by atoms with E-state index in [-0.39, 0.29) is 23.8 Å². The van der Waals surface area contributed by atoms with Gasteiger partial charge >= 0.3 is 5.97 Å². The van der Waals surface area contributed by atoms with Crippen LogP contribution in [0.1, 0.15) is 50.5 Å². The maximum atomic E-state index is 13.7. The van der Waals surface area contributed by atoms with Crippen molar-refractivity contribution in [3.63, 3.8) is 0 Å². The van der Waals surface area contributed by atoms with Crippen LogP contribution in [-0.2, 0) is 19.9 Å². The molecule has 1 unspecified atom stereocenters. The molecule has 1 aromatic heterocycles. The van der Waals surface area contributed by atoms with Gasteiger partial charge in [-0.2, -0.15) is 0 Å². The number of ether oxygens (including phenoxy) is 1. The molecule has 1 amide bonds. The predicted molar refractivity (Wildman–Crippen MR) is 130 cm³/mol. The van der Waals surface area contributed by atoms with Gasteiger partial charge in [-0.3, -0.25) is 10.1 Å². The molecule has 2 bridgehead atoms. The summed E-state index contributed by atoms with van der Waals surface area (Å²) in [5.41, 5.74) is -1.02. The van der Waals surface area contributed by atoms with E-state index in [9.17, 15) is 14.7 Å². The van der Waals surface area contributed by atoms with E-state index in [1.807, 2.05) is 30.3 Å². The molecule has 1 aliphatic carbocycles. The summed E-state index contributed by atoms with van der Waals surface area (Å²) < 4.78 is 6.75. The van der Waals surface area contributed by atoms with Crippen LogP contribution in [0.15, 0.2) is 48.8 Å². The average molecular weight is 480 g/mol. The minimum atomic E-state index is -1.64. The van der Waals surface area contributed by atoms with Crippen molar-refractivity contribution in [3.8, 4) is 0 Å².